The van der Waals surface area contributed by atoms with Crippen LogP contribution in [0.15, 0.2) is 65.8 Å². The zero-order chi connectivity index (χ0) is 27.0. The molecule has 3 aromatic heterocycles. The van der Waals surface area contributed by atoms with Crippen molar-refractivity contribution in [3.8, 4) is 16.9 Å². The number of carbonyl (C=O) groups is 2. The first kappa shape index (κ1) is 24.6. The molecule has 2 aromatic carbocycles. The molecule has 3 heterocycles. The van der Waals surface area contributed by atoms with Gasteiger partial charge in [-0.3, -0.25) is 19.3 Å². The lowest BCUT2D eigenvalue weighted by Crippen LogP contribution is -2.21. The summed E-state index contributed by atoms with van der Waals surface area (Å²) in [7, 11) is 3.05. The Bertz CT molecular complexity index is 1750. The van der Waals surface area contributed by atoms with Gasteiger partial charge in [0.1, 0.15) is 12.1 Å². The number of amides is 2. The molecule has 0 aliphatic carbocycles. The van der Waals surface area contributed by atoms with Gasteiger partial charge in [-0.05, 0) is 49.4 Å². The smallest absolute Gasteiger partial charge is 0.350 e. The van der Waals surface area contributed by atoms with Crippen molar-refractivity contribution in [1.29, 1.82) is 0 Å². The van der Waals surface area contributed by atoms with E-state index in [1.165, 1.54) is 41.9 Å². The molecule has 0 radical (unpaired) electrons. The van der Waals surface area contributed by atoms with Crippen LogP contribution in [0.5, 0.6) is 0 Å². The quantitative estimate of drug-likeness (QED) is 0.359. The summed E-state index contributed by atoms with van der Waals surface area (Å²) in [4.78, 5) is 41.7. The highest BCUT2D eigenvalue weighted by molar-refractivity contribution is 6.12. The first-order valence-corrected chi connectivity index (χ1v) is 11.7. The van der Waals surface area contributed by atoms with E-state index in [1.54, 1.807) is 47.1 Å². The summed E-state index contributed by atoms with van der Waals surface area (Å²) in [6, 6.07) is 12.9. The summed E-state index contributed by atoms with van der Waals surface area (Å²) in [5.74, 6) is -1.57. The number of carbonyl (C=O) groups excluding carboxylic acids is 2. The Morgan fingerprint density at radius 2 is 1.89 bits per heavy atom. The van der Waals surface area contributed by atoms with E-state index >= 15 is 4.39 Å². The Morgan fingerprint density at radius 3 is 2.55 bits per heavy atom. The molecule has 0 aliphatic rings. The van der Waals surface area contributed by atoms with Crippen LogP contribution in [0, 0.1) is 5.82 Å². The van der Waals surface area contributed by atoms with E-state index in [4.69, 9.17) is 0 Å². The van der Waals surface area contributed by atoms with Crippen LogP contribution in [0.25, 0.3) is 27.8 Å². The Labute approximate surface area is 215 Å². The number of halogens is 1. The molecule has 2 N–H and O–H groups in total. The van der Waals surface area contributed by atoms with E-state index in [9.17, 15) is 14.4 Å². The minimum absolute atomic E-state index is 0.0543. The molecule has 0 aliphatic heterocycles. The van der Waals surface area contributed by atoms with Crippen molar-refractivity contribution in [2.24, 2.45) is 7.05 Å². The van der Waals surface area contributed by atoms with E-state index in [-0.39, 0.29) is 28.2 Å². The maximum atomic E-state index is 16.0. The molecule has 0 bridgehead atoms. The first-order valence-electron chi connectivity index (χ1n) is 11.7. The summed E-state index contributed by atoms with van der Waals surface area (Å²) in [5, 5.41) is 13.6. The largest absolute Gasteiger partial charge is 0.355 e. The first-order chi connectivity index (χ1) is 18.3. The third-order valence-electron chi connectivity index (χ3n) is 6.11. The zero-order valence-corrected chi connectivity index (χ0v) is 20.8. The molecule has 5 rings (SSSR count). The minimum Gasteiger partial charge on any atom is -0.355 e. The highest BCUT2D eigenvalue weighted by atomic mass is 19.1. The molecule has 0 unspecified atom stereocenters. The van der Waals surface area contributed by atoms with E-state index in [2.05, 4.69) is 25.8 Å². The average molecular weight is 515 g/mol. The number of anilines is 1. The van der Waals surface area contributed by atoms with Crippen molar-refractivity contribution in [3.05, 3.63) is 88.6 Å². The number of nitrogens with one attached hydrogen (secondary N) is 2. The van der Waals surface area contributed by atoms with E-state index in [1.807, 2.05) is 6.92 Å². The van der Waals surface area contributed by atoms with Crippen molar-refractivity contribution < 1.29 is 14.0 Å². The second kappa shape index (κ2) is 9.73. The molecule has 0 saturated carbocycles. The topological polar surface area (TPSA) is 129 Å². The average Bonchev–Trinajstić information content (AvgIpc) is 3.49. The van der Waals surface area contributed by atoms with Gasteiger partial charge in [-0.25, -0.2) is 18.4 Å². The Balaban J connectivity index is 1.53. The number of fused-ring (bicyclic) bond motifs is 1. The predicted octanol–water partition coefficient (Wildman–Crippen LogP) is 2.75. The van der Waals surface area contributed by atoms with Gasteiger partial charge in [0.05, 0.1) is 28.5 Å². The van der Waals surface area contributed by atoms with Gasteiger partial charge < -0.3 is 10.6 Å². The van der Waals surface area contributed by atoms with Crippen LogP contribution in [-0.2, 0) is 13.6 Å². The summed E-state index contributed by atoms with van der Waals surface area (Å²) in [5.41, 5.74) is 1.73. The summed E-state index contributed by atoms with van der Waals surface area (Å²) in [6.45, 7) is 2.26. The van der Waals surface area contributed by atoms with Gasteiger partial charge >= 0.3 is 5.69 Å². The number of rotatable bonds is 6. The van der Waals surface area contributed by atoms with Gasteiger partial charge in [0.25, 0.3) is 11.8 Å². The highest BCUT2D eigenvalue weighted by Gasteiger charge is 2.23. The monoisotopic (exact) mass is 514 g/mol. The lowest BCUT2D eigenvalue weighted by Gasteiger charge is -2.08. The highest BCUT2D eigenvalue weighted by Crippen LogP contribution is 2.31. The SMILES string of the molecule is CCn1nc(C(=O)Nc2cccc(C(=O)NC)c2)c2c(F)c(-c3ccc(-n4cnn(C)c4=O)cn3)ccc21. The Hall–Kier alpha value is -5.13. The maximum absolute atomic E-state index is 16.0. The standard InChI is InChI=1S/C26H23FN8O3/c1-4-35-20-11-9-18(19-10-8-17(13-29-19)34-14-30-33(3)26(34)38)22(27)21(20)23(32-35)25(37)31-16-7-5-6-15(12-16)24(36)28-2/h5-14H,4H2,1-3H3,(H,28,36)(H,31,37). The predicted molar refractivity (Wildman–Crippen MR) is 139 cm³/mol. The molecular formula is C26H23FN8O3. The molecular weight excluding hydrogens is 491 g/mol. The molecule has 38 heavy (non-hydrogen) atoms. The van der Waals surface area contributed by atoms with Crippen molar-refractivity contribution >= 4 is 28.4 Å². The number of hydrogen-bond acceptors (Lipinski definition) is 6. The summed E-state index contributed by atoms with van der Waals surface area (Å²) >= 11 is 0. The van der Waals surface area contributed by atoms with Gasteiger partial charge in [-0.2, -0.15) is 10.2 Å². The fourth-order valence-corrected chi connectivity index (χ4v) is 4.15. The van der Waals surface area contributed by atoms with Crippen LogP contribution in [0.2, 0.25) is 0 Å². The van der Waals surface area contributed by atoms with Crippen molar-refractivity contribution in [1.82, 2.24) is 34.4 Å². The van der Waals surface area contributed by atoms with Crippen molar-refractivity contribution in [2.45, 2.75) is 13.5 Å². The molecule has 0 saturated heterocycles. The number of aryl methyl sites for hydroxylation is 2. The fourth-order valence-electron chi connectivity index (χ4n) is 4.15. The lowest BCUT2D eigenvalue weighted by molar-refractivity contribution is 0.0961. The fraction of sp³-hybridized carbons (Fsp3) is 0.154. The number of nitrogens with zero attached hydrogens (tertiary/aromatic N) is 6. The van der Waals surface area contributed by atoms with Crippen LogP contribution < -0.4 is 16.3 Å². The molecule has 192 valence electrons. The maximum Gasteiger partial charge on any atom is 0.350 e. The second-order valence-electron chi connectivity index (χ2n) is 8.41. The van der Waals surface area contributed by atoms with Gasteiger partial charge in [-0.15, -0.1) is 0 Å². The van der Waals surface area contributed by atoms with Gasteiger partial charge in [-0.1, -0.05) is 6.07 Å². The molecule has 12 heteroatoms. The number of hydrogen-bond donors (Lipinski definition) is 2. The summed E-state index contributed by atoms with van der Waals surface area (Å²) in [6.07, 6.45) is 2.82. The van der Waals surface area contributed by atoms with Crippen molar-refractivity contribution in [3.63, 3.8) is 0 Å². The third kappa shape index (κ3) is 4.21. The Morgan fingerprint density at radius 1 is 1.08 bits per heavy atom. The number of aromatic nitrogens is 6. The molecule has 5 aromatic rings. The van der Waals surface area contributed by atoms with Crippen molar-refractivity contribution in [2.75, 3.05) is 12.4 Å². The van der Waals surface area contributed by atoms with Crippen LogP contribution in [0.1, 0.15) is 27.8 Å². The van der Waals surface area contributed by atoms with E-state index in [0.717, 1.165) is 0 Å². The van der Waals surface area contributed by atoms with Gasteiger partial charge in [0.15, 0.2) is 5.69 Å². The van der Waals surface area contributed by atoms with Crippen LogP contribution >= 0.6 is 0 Å². The molecule has 11 nitrogen and oxygen atoms in total. The lowest BCUT2D eigenvalue weighted by atomic mass is 10.1. The molecule has 0 atom stereocenters. The zero-order valence-electron chi connectivity index (χ0n) is 20.8. The van der Waals surface area contributed by atoms with Gasteiger partial charge in [0.2, 0.25) is 0 Å². The number of benzene rings is 2. The molecule has 0 spiro atoms. The third-order valence-corrected chi connectivity index (χ3v) is 6.11. The minimum atomic E-state index is -0.648. The van der Waals surface area contributed by atoms with Gasteiger partial charge in [0, 0.05) is 37.5 Å². The van der Waals surface area contributed by atoms with Crippen LogP contribution in [-0.4, -0.2) is 48.0 Å². The summed E-state index contributed by atoms with van der Waals surface area (Å²) < 4.78 is 20.0. The van der Waals surface area contributed by atoms with Crippen LogP contribution in [0.4, 0.5) is 10.1 Å². The van der Waals surface area contributed by atoms with E-state index in [0.29, 0.717) is 34.7 Å². The molecule has 2 amide bonds. The normalized spacial score (nSPS) is 11.1. The second-order valence-corrected chi connectivity index (χ2v) is 8.41. The number of pyridine rings is 1. The van der Waals surface area contributed by atoms with Crippen LogP contribution in [0.3, 0.4) is 0 Å². The van der Waals surface area contributed by atoms with E-state index < -0.39 is 11.7 Å². The Kier molecular flexibility index (Phi) is 6.29. The molecule has 0 fully saturated rings.